The van der Waals surface area contributed by atoms with Crippen molar-refractivity contribution in [1.82, 2.24) is 14.9 Å². The summed E-state index contributed by atoms with van der Waals surface area (Å²) in [5.74, 6) is 0.186. The average Bonchev–Trinajstić information content (AvgIpc) is 2.81. The van der Waals surface area contributed by atoms with Crippen molar-refractivity contribution in [1.29, 1.82) is 5.26 Å². The summed E-state index contributed by atoms with van der Waals surface area (Å²) in [7, 11) is 0. The first-order valence-corrected chi connectivity index (χ1v) is 6.37. The highest BCUT2D eigenvalue weighted by molar-refractivity contribution is 5.65. The third kappa shape index (κ3) is 2.38. The number of imidazole rings is 1. The second kappa shape index (κ2) is 4.90. The Labute approximate surface area is 118 Å². The number of hydrogen-bond donors (Lipinski definition) is 1. The summed E-state index contributed by atoms with van der Waals surface area (Å²) < 4.78 is 40.2. The molecule has 2 heterocycles. The minimum Gasteiger partial charge on any atom is -0.325 e. The van der Waals surface area contributed by atoms with Gasteiger partial charge in [0.25, 0.3) is 0 Å². The Balaban J connectivity index is 2.16. The van der Waals surface area contributed by atoms with Gasteiger partial charge in [0.1, 0.15) is 5.82 Å². The summed E-state index contributed by atoms with van der Waals surface area (Å²) in [6.07, 6.45) is -3.48. The molecule has 0 spiro atoms. The molecule has 4 nitrogen and oxygen atoms in total. The molecule has 1 aliphatic rings. The molecule has 1 aromatic carbocycles. The zero-order chi connectivity index (χ0) is 15.0. The molecule has 0 amide bonds. The van der Waals surface area contributed by atoms with Gasteiger partial charge >= 0.3 is 6.18 Å². The van der Waals surface area contributed by atoms with Crippen LogP contribution in [0.3, 0.4) is 0 Å². The fourth-order valence-electron chi connectivity index (χ4n) is 2.25. The van der Waals surface area contributed by atoms with Gasteiger partial charge in [0.15, 0.2) is 5.69 Å². The first-order valence-electron chi connectivity index (χ1n) is 6.37. The molecule has 2 aromatic rings. The number of nitriles is 1. The highest BCUT2D eigenvalue weighted by Crippen LogP contribution is 2.34. The third-order valence-electron chi connectivity index (χ3n) is 3.46. The molecule has 0 unspecified atom stereocenters. The number of halogens is 3. The summed E-state index contributed by atoms with van der Waals surface area (Å²) >= 11 is 0. The molecule has 1 N–H and O–H groups in total. The topological polar surface area (TPSA) is 53.6 Å². The quantitative estimate of drug-likeness (QED) is 0.925. The second-order valence-electron chi connectivity index (χ2n) is 4.82. The molecular weight excluding hydrogens is 281 g/mol. The van der Waals surface area contributed by atoms with E-state index in [1.54, 1.807) is 24.3 Å². The number of nitrogens with one attached hydrogen (secondary N) is 1. The second-order valence-corrected chi connectivity index (χ2v) is 4.82. The maximum Gasteiger partial charge on any atom is 0.434 e. The van der Waals surface area contributed by atoms with Crippen molar-refractivity contribution in [2.24, 2.45) is 0 Å². The first-order chi connectivity index (χ1) is 10.0. The number of nitrogens with zero attached hydrogens (tertiary/aromatic N) is 3. The van der Waals surface area contributed by atoms with Gasteiger partial charge in [-0.15, -0.1) is 0 Å². The van der Waals surface area contributed by atoms with Crippen molar-refractivity contribution < 1.29 is 13.2 Å². The lowest BCUT2D eigenvalue weighted by atomic mass is 10.1. The summed E-state index contributed by atoms with van der Waals surface area (Å²) in [6, 6.07) is 8.46. The number of benzene rings is 1. The molecule has 21 heavy (non-hydrogen) atoms. The van der Waals surface area contributed by atoms with Crippen molar-refractivity contribution in [3.8, 4) is 17.5 Å². The molecule has 1 fully saturated rings. The van der Waals surface area contributed by atoms with Crippen molar-refractivity contribution in [3.63, 3.8) is 0 Å². The minimum atomic E-state index is -4.50. The predicted octanol–water partition coefficient (Wildman–Crippen LogP) is 2.58. The van der Waals surface area contributed by atoms with E-state index in [-0.39, 0.29) is 11.9 Å². The molecule has 0 radical (unpaired) electrons. The van der Waals surface area contributed by atoms with E-state index in [1.165, 1.54) is 4.57 Å². The minimum absolute atomic E-state index is 0.0738. The molecule has 0 saturated carbocycles. The molecule has 0 bridgehead atoms. The Morgan fingerprint density at radius 3 is 2.57 bits per heavy atom. The van der Waals surface area contributed by atoms with Crippen LogP contribution in [0.2, 0.25) is 0 Å². The molecule has 1 aromatic heterocycles. The van der Waals surface area contributed by atoms with E-state index < -0.39 is 11.9 Å². The number of alkyl halides is 3. The maximum atomic E-state index is 12.9. The van der Waals surface area contributed by atoms with Crippen LogP contribution in [0.1, 0.15) is 17.3 Å². The monoisotopic (exact) mass is 292 g/mol. The summed E-state index contributed by atoms with van der Waals surface area (Å²) in [4.78, 5) is 3.72. The van der Waals surface area contributed by atoms with Crippen LogP contribution in [-0.4, -0.2) is 22.6 Å². The van der Waals surface area contributed by atoms with E-state index in [4.69, 9.17) is 5.26 Å². The van der Waals surface area contributed by atoms with Crippen LogP contribution in [0.25, 0.3) is 11.4 Å². The standard InChI is InChI=1S/C14H11F3N4/c15-14(16,17)12-8-21(10-6-19-7-10)13(20-12)11-4-2-1-3-9(11)5-18/h1-4,8,10,19H,6-7H2. The smallest absolute Gasteiger partial charge is 0.325 e. The average molecular weight is 292 g/mol. The van der Waals surface area contributed by atoms with Crippen LogP contribution in [0.4, 0.5) is 13.2 Å². The molecular formula is C14H11F3N4. The van der Waals surface area contributed by atoms with Gasteiger partial charge in [-0.25, -0.2) is 4.98 Å². The molecule has 7 heteroatoms. The van der Waals surface area contributed by atoms with Gasteiger partial charge in [0.05, 0.1) is 17.7 Å². The van der Waals surface area contributed by atoms with E-state index in [0.717, 1.165) is 6.20 Å². The van der Waals surface area contributed by atoms with Gasteiger partial charge in [-0.05, 0) is 12.1 Å². The maximum absolute atomic E-state index is 12.9. The number of hydrogen-bond acceptors (Lipinski definition) is 3. The van der Waals surface area contributed by atoms with Crippen LogP contribution in [0, 0.1) is 11.3 Å². The van der Waals surface area contributed by atoms with Gasteiger partial charge in [-0.1, -0.05) is 12.1 Å². The summed E-state index contributed by atoms with van der Waals surface area (Å²) in [6.45, 7) is 1.19. The molecule has 108 valence electrons. The van der Waals surface area contributed by atoms with Gasteiger partial charge < -0.3 is 9.88 Å². The largest absolute Gasteiger partial charge is 0.434 e. The van der Waals surface area contributed by atoms with Crippen molar-refractivity contribution in [3.05, 3.63) is 41.7 Å². The van der Waals surface area contributed by atoms with Crippen LogP contribution in [0.5, 0.6) is 0 Å². The van der Waals surface area contributed by atoms with Crippen LogP contribution in [0.15, 0.2) is 30.5 Å². The Morgan fingerprint density at radius 2 is 2.00 bits per heavy atom. The Kier molecular flexibility index (Phi) is 3.18. The van der Waals surface area contributed by atoms with E-state index in [1.807, 2.05) is 6.07 Å². The third-order valence-corrected chi connectivity index (χ3v) is 3.46. The van der Waals surface area contributed by atoms with E-state index in [2.05, 4.69) is 10.3 Å². The molecule has 0 atom stereocenters. The fourth-order valence-corrected chi connectivity index (χ4v) is 2.25. The lowest BCUT2D eigenvalue weighted by Gasteiger charge is -2.29. The first kappa shape index (κ1) is 13.6. The highest BCUT2D eigenvalue weighted by Gasteiger charge is 2.36. The Hall–Kier alpha value is -2.33. The number of aromatic nitrogens is 2. The molecule has 0 aliphatic carbocycles. The van der Waals surface area contributed by atoms with E-state index >= 15 is 0 Å². The van der Waals surface area contributed by atoms with E-state index in [9.17, 15) is 13.2 Å². The zero-order valence-corrected chi connectivity index (χ0v) is 10.9. The Bertz CT molecular complexity index is 708. The van der Waals surface area contributed by atoms with Crippen molar-refractivity contribution in [2.45, 2.75) is 12.2 Å². The van der Waals surface area contributed by atoms with Crippen LogP contribution in [-0.2, 0) is 6.18 Å². The summed E-state index contributed by atoms with van der Waals surface area (Å²) in [5.41, 5.74) is -0.204. The fraction of sp³-hybridized carbons (Fsp3) is 0.286. The predicted molar refractivity (Wildman–Crippen MR) is 69.3 cm³/mol. The van der Waals surface area contributed by atoms with Crippen molar-refractivity contribution in [2.75, 3.05) is 13.1 Å². The Morgan fingerprint density at radius 1 is 1.29 bits per heavy atom. The van der Waals surface area contributed by atoms with Gasteiger partial charge in [0.2, 0.25) is 0 Å². The zero-order valence-electron chi connectivity index (χ0n) is 10.9. The molecule has 3 rings (SSSR count). The lowest BCUT2D eigenvalue weighted by molar-refractivity contribution is -0.140. The lowest BCUT2D eigenvalue weighted by Crippen LogP contribution is -2.43. The number of rotatable bonds is 2. The normalized spacial score (nSPS) is 15.5. The highest BCUT2D eigenvalue weighted by atomic mass is 19.4. The van der Waals surface area contributed by atoms with Crippen LogP contribution >= 0.6 is 0 Å². The van der Waals surface area contributed by atoms with Crippen LogP contribution < -0.4 is 5.32 Å². The van der Waals surface area contributed by atoms with E-state index in [0.29, 0.717) is 24.2 Å². The van der Waals surface area contributed by atoms with Gasteiger partial charge in [0, 0.05) is 24.8 Å². The molecule has 1 saturated heterocycles. The van der Waals surface area contributed by atoms with Gasteiger partial charge in [-0.3, -0.25) is 0 Å². The van der Waals surface area contributed by atoms with Gasteiger partial charge in [-0.2, -0.15) is 18.4 Å². The molecule has 1 aliphatic heterocycles. The summed E-state index contributed by atoms with van der Waals surface area (Å²) in [5, 5.41) is 12.1. The van der Waals surface area contributed by atoms with Crippen molar-refractivity contribution >= 4 is 0 Å². The SMILES string of the molecule is N#Cc1ccccc1-c1nc(C(F)(F)F)cn1C1CNC1.